The van der Waals surface area contributed by atoms with Gasteiger partial charge in [-0.1, -0.05) is 0 Å². The Hall–Kier alpha value is -3.26. The number of nitrogens with one attached hydrogen (secondary N) is 1. The van der Waals surface area contributed by atoms with Crippen molar-refractivity contribution in [2.75, 3.05) is 39.2 Å². The van der Waals surface area contributed by atoms with E-state index in [0.29, 0.717) is 36.8 Å². The Balaban J connectivity index is 1.77. The summed E-state index contributed by atoms with van der Waals surface area (Å²) in [5, 5.41) is 12.3. The summed E-state index contributed by atoms with van der Waals surface area (Å²) in [7, 11) is 3.11. The molecule has 0 unspecified atom stereocenters. The molecule has 1 amide bonds. The average Bonchev–Trinajstić information content (AvgIpc) is 2.75. The van der Waals surface area contributed by atoms with E-state index < -0.39 is 12.0 Å². The van der Waals surface area contributed by atoms with Gasteiger partial charge in [-0.3, -0.25) is 14.5 Å². The van der Waals surface area contributed by atoms with Crippen LogP contribution in [0.1, 0.15) is 30.5 Å². The molecule has 2 aromatic rings. The van der Waals surface area contributed by atoms with Crippen LogP contribution in [-0.2, 0) is 16.0 Å². The third kappa shape index (κ3) is 5.46. The second kappa shape index (κ2) is 10.2. The lowest BCUT2D eigenvalue weighted by molar-refractivity contribution is -0.139. The van der Waals surface area contributed by atoms with Gasteiger partial charge in [0.2, 0.25) is 5.91 Å². The number of hydrogen-bond acceptors (Lipinski definition) is 6. The highest BCUT2D eigenvalue weighted by atomic mass is 16.5. The number of anilines is 1. The van der Waals surface area contributed by atoms with Crippen molar-refractivity contribution in [3.63, 3.8) is 0 Å². The molecule has 1 aliphatic rings. The number of aliphatic carboxylic acids is 1. The maximum Gasteiger partial charge on any atom is 0.305 e. The molecule has 0 aromatic heterocycles. The van der Waals surface area contributed by atoms with Crippen molar-refractivity contribution in [2.45, 2.75) is 25.8 Å². The molecule has 2 N–H and O–H groups in total. The van der Waals surface area contributed by atoms with Crippen molar-refractivity contribution in [3.05, 3.63) is 47.5 Å². The van der Waals surface area contributed by atoms with E-state index >= 15 is 0 Å². The van der Waals surface area contributed by atoms with Gasteiger partial charge < -0.3 is 24.6 Å². The molecule has 8 heteroatoms. The zero-order valence-electron chi connectivity index (χ0n) is 18.0. The lowest BCUT2D eigenvalue weighted by Gasteiger charge is -2.36. The minimum atomic E-state index is -0.926. The molecule has 2 aromatic carbocycles. The molecule has 0 saturated heterocycles. The number of amides is 1. The number of carboxylic acids is 1. The quantitative estimate of drug-likeness (QED) is 0.633. The van der Waals surface area contributed by atoms with Gasteiger partial charge in [0.1, 0.15) is 5.75 Å². The van der Waals surface area contributed by atoms with Crippen LogP contribution < -0.4 is 19.5 Å². The van der Waals surface area contributed by atoms with E-state index in [1.54, 1.807) is 38.5 Å². The molecule has 1 aliphatic heterocycles. The lowest BCUT2D eigenvalue weighted by Crippen LogP contribution is -2.41. The minimum absolute atomic E-state index is 0.0823. The second-order valence-corrected chi connectivity index (χ2v) is 7.25. The van der Waals surface area contributed by atoms with Gasteiger partial charge in [-0.05, 0) is 60.9 Å². The molecule has 1 heterocycles. The first-order chi connectivity index (χ1) is 14.9. The number of hydrogen-bond donors (Lipinski definition) is 2. The van der Waals surface area contributed by atoms with Crippen LogP contribution >= 0.6 is 0 Å². The normalized spacial score (nSPS) is 15.6. The Bertz CT molecular complexity index is 928. The van der Waals surface area contributed by atoms with E-state index in [4.69, 9.17) is 14.2 Å². The minimum Gasteiger partial charge on any atom is -0.494 e. The SMILES string of the molecule is CCOc1ccc(NC(=O)CN2CCc3cc(OC)c(OC)cc3[C@@H]2CC(=O)O)cc1. The monoisotopic (exact) mass is 428 g/mol. The molecule has 0 aliphatic carbocycles. The highest BCUT2D eigenvalue weighted by molar-refractivity contribution is 5.92. The first-order valence-corrected chi connectivity index (χ1v) is 10.2. The van der Waals surface area contributed by atoms with E-state index in [2.05, 4.69) is 5.32 Å². The van der Waals surface area contributed by atoms with E-state index in [-0.39, 0.29) is 18.9 Å². The molecule has 8 nitrogen and oxygen atoms in total. The average molecular weight is 428 g/mol. The summed E-state index contributed by atoms with van der Waals surface area (Å²) >= 11 is 0. The maximum atomic E-state index is 12.7. The topological polar surface area (TPSA) is 97.3 Å². The van der Waals surface area contributed by atoms with Gasteiger partial charge in [-0.25, -0.2) is 0 Å². The largest absolute Gasteiger partial charge is 0.494 e. The molecular weight excluding hydrogens is 400 g/mol. The predicted octanol–water partition coefficient (Wildman–Crippen LogP) is 3.12. The van der Waals surface area contributed by atoms with E-state index in [9.17, 15) is 14.7 Å². The van der Waals surface area contributed by atoms with Gasteiger partial charge in [0.25, 0.3) is 0 Å². The van der Waals surface area contributed by atoms with E-state index in [1.165, 1.54) is 0 Å². The van der Waals surface area contributed by atoms with Crippen molar-refractivity contribution in [3.8, 4) is 17.2 Å². The zero-order chi connectivity index (χ0) is 22.4. The number of ether oxygens (including phenoxy) is 3. The summed E-state index contributed by atoms with van der Waals surface area (Å²) in [6.07, 6.45) is 0.570. The van der Waals surface area contributed by atoms with Crippen molar-refractivity contribution in [1.82, 2.24) is 4.90 Å². The zero-order valence-corrected chi connectivity index (χ0v) is 18.0. The fraction of sp³-hybridized carbons (Fsp3) is 0.391. The van der Waals surface area contributed by atoms with Gasteiger partial charge >= 0.3 is 5.97 Å². The third-order valence-electron chi connectivity index (χ3n) is 5.28. The standard InChI is InChI=1S/C23H28N2O6/c1-4-31-17-7-5-16(6-8-17)24-22(26)14-25-10-9-15-11-20(29-2)21(30-3)12-18(15)19(25)13-23(27)28/h5-8,11-12,19H,4,9-10,13-14H2,1-3H3,(H,24,26)(H,27,28)/t19-/m0/s1. The number of carbonyl (C=O) groups is 2. The molecular formula is C23H28N2O6. The molecule has 3 rings (SSSR count). The van der Waals surface area contributed by atoms with Crippen LogP contribution in [0, 0.1) is 0 Å². The number of carboxylic acid groups (broad SMARTS) is 1. The van der Waals surface area contributed by atoms with Crippen molar-refractivity contribution >= 4 is 17.6 Å². The number of rotatable bonds is 9. The molecule has 166 valence electrons. The van der Waals surface area contributed by atoms with Crippen LogP contribution in [-0.4, -0.2) is 55.8 Å². The molecule has 0 fully saturated rings. The Morgan fingerprint density at radius 2 is 1.81 bits per heavy atom. The summed E-state index contributed by atoms with van der Waals surface area (Å²) in [5.74, 6) is 0.751. The summed E-state index contributed by atoms with van der Waals surface area (Å²) in [6.45, 7) is 3.13. The maximum absolute atomic E-state index is 12.7. The lowest BCUT2D eigenvalue weighted by atomic mass is 9.90. The summed E-state index contributed by atoms with van der Waals surface area (Å²) in [6, 6.07) is 10.4. The van der Waals surface area contributed by atoms with Crippen LogP contribution in [0.15, 0.2) is 36.4 Å². The first kappa shape index (κ1) is 22.4. The number of methoxy groups -OCH3 is 2. The van der Waals surface area contributed by atoms with Crippen molar-refractivity contribution < 1.29 is 28.9 Å². The van der Waals surface area contributed by atoms with Crippen LogP contribution in [0.5, 0.6) is 17.2 Å². The Morgan fingerprint density at radius 3 is 2.42 bits per heavy atom. The first-order valence-electron chi connectivity index (χ1n) is 10.2. The smallest absolute Gasteiger partial charge is 0.305 e. The van der Waals surface area contributed by atoms with E-state index in [0.717, 1.165) is 16.9 Å². The Kier molecular flexibility index (Phi) is 7.36. The van der Waals surface area contributed by atoms with Crippen molar-refractivity contribution in [1.29, 1.82) is 0 Å². The second-order valence-electron chi connectivity index (χ2n) is 7.25. The number of carbonyl (C=O) groups excluding carboxylic acids is 1. The molecule has 0 saturated carbocycles. The summed E-state index contributed by atoms with van der Waals surface area (Å²) < 4.78 is 16.2. The third-order valence-corrected chi connectivity index (χ3v) is 5.28. The predicted molar refractivity (Wildman–Crippen MR) is 116 cm³/mol. The van der Waals surface area contributed by atoms with Crippen LogP contribution in [0.4, 0.5) is 5.69 Å². The van der Waals surface area contributed by atoms with Gasteiger partial charge in [0.05, 0.1) is 33.8 Å². The highest BCUT2D eigenvalue weighted by Crippen LogP contribution is 2.39. The molecule has 31 heavy (non-hydrogen) atoms. The van der Waals surface area contributed by atoms with Crippen molar-refractivity contribution in [2.24, 2.45) is 0 Å². The molecule has 0 spiro atoms. The number of fused-ring (bicyclic) bond motifs is 1. The highest BCUT2D eigenvalue weighted by Gasteiger charge is 2.32. The van der Waals surface area contributed by atoms with Gasteiger partial charge in [-0.2, -0.15) is 0 Å². The van der Waals surface area contributed by atoms with Crippen LogP contribution in [0.2, 0.25) is 0 Å². The summed E-state index contributed by atoms with van der Waals surface area (Å²) in [4.78, 5) is 26.1. The Morgan fingerprint density at radius 1 is 1.13 bits per heavy atom. The van der Waals surface area contributed by atoms with E-state index in [1.807, 2.05) is 24.0 Å². The van der Waals surface area contributed by atoms with Gasteiger partial charge in [0.15, 0.2) is 11.5 Å². The molecule has 1 atom stereocenters. The summed E-state index contributed by atoms with van der Waals surface area (Å²) in [5.41, 5.74) is 2.51. The van der Waals surface area contributed by atoms with Gasteiger partial charge in [-0.15, -0.1) is 0 Å². The molecule has 0 radical (unpaired) electrons. The Labute approximate surface area is 181 Å². The van der Waals surface area contributed by atoms with Crippen LogP contribution in [0.25, 0.3) is 0 Å². The van der Waals surface area contributed by atoms with Gasteiger partial charge in [0, 0.05) is 18.3 Å². The fourth-order valence-electron chi connectivity index (χ4n) is 3.86. The number of benzene rings is 2. The van der Waals surface area contributed by atoms with Crippen LogP contribution in [0.3, 0.4) is 0 Å². The molecule has 0 bridgehead atoms. The fourth-order valence-corrected chi connectivity index (χ4v) is 3.86. The number of nitrogens with zero attached hydrogens (tertiary/aromatic N) is 1.